The van der Waals surface area contributed by atoms with Crippen LogP contribution in [-0.4, -0.2) is 36.2 Å². The zero-order valence-corrected chi connectivity index (χ0v) is 11.4. The molecule has 1 heterocycles. The Morgan fingerprint density at radius 3 is 2.47 bits per heavy atom. The van der Waals surface area contributed by atoms with Gasteiger partial charge in [-0.15, -0.1) is 0 Å². The Bertz CT molecular complexity index is 428. The lowest BCUT2D eigenvalue weighted by Crippen LogP contribution is -2.50. The summed E-state index contributed by atoms with van der Waals surface area (Å²) in [5.74, 6) is 0. The van der Waals surface area contributed by atoms with Gasteiger partial charge >= 0.3 is 0 Å². The minimum absolute atomic E-state index is 0.492. The van der Waals surface area contributed by atoms with Gasteiger partial charge in [-0.25, -0.2) is 0 Å². The average molecular weight is 270 g/mol. The molecule has 1 saturated heterocycles. The summed E-state index contributed by atoms with van der Waals surface area (Å²) in [7, 11) is 0. The van der Waals surface area contributed by atoms with E-state index >= 15 is 0 Å². The average Bonchev–Trinajstić information content (AvgIpc) is 2.33. The van der Waals surface area contributed by atoms with E-state index in [1.165, 1.54) is 5.69 Å². The van der Waals surface area contributed by atoms with Crippen molar-refractivity contribution in [1.82, 2.24) is 4.90 Å². The fraction of sp³-hybridized carbons (Fsp3) is 0.417. The molecule has 92 valence electrons. The van der Waals surface area contributed by atoms with E-state index < -0.39 is 0 Å². The summed E-state index contributed by atoms with van der Waals surface area (Å²) >= 11 is 11.1. The predicted molar refractivity (Wildman–Crippen MR) is 76.8 cm³/mol. The first kappa shape index (κ1) is 12.5. The van der Waals surface area contributed by atoms with Crippen LogP contribution >= 0.6 is 23.8 Å². The monoisotopic (exact) mass is 269 g/mol. The molecule has 0 saturated carbocycles. The second kappa shape index (κ2) is 5.10. The van der Waals surface area contributed by atoms with Gasteiger partial charge in [-0.1, -0.05) is 17.7 Å². The normalized spacial score (nSPS) is 16.1. The Morgan fingerprint density at radius 1 is 1.29 bits per heavy atom. The highest BCUT2D eigenvalue weighted by atomic mass is 35.5. The van der Waals surface area contributed by atoms with E-state index in [0.717, 1.165) is 36.8 Å². The molecule has 2 rings (SSSR count). The Morgan fingerprint density at radius 2 is 1.94 bits per heavy atom. The molecule has 1 aromatic rings. The van der Waals surface area contributed by atoms with E-state index in [2.05, 4.69) is 17.0 Å². The molecule has 0 radical (unpaired) electrons. The first-order valence-corrected chi connectivity index (χ1v) is 6.42. The summed E-state index contributed by atoms with van der Waals surface area (Å²) in [6, 6.07) is 6.18. The summed E-state index contributed by atoms with van der Waals surface area (Å²) < 4.78 is 0. The highest BCUT2D eigenvalue weighted by Gasteiger charge is 2.17. The Hall–Kier alpha value is -1.000. The van der Waals surface area contributed by atoms with E-state index in [4.69, 9.17) is 29.6 Å². The van der Waals surface area contributed by atoms with Gasteiger partial charge in [-0.3, -0.25) is 0 Å². The van der Waals surface area contributed by atoms with Crippen LogP contribution in [0.4, 0.5) is 5.69 Å². The molecule has 0 aliphatic carbocycles. The van der Waals surface area contributed by atoms with Crippen LogP contribution in [0.25, 0.3) is 0 Å². The molecular weight excluding hydrogens is 254 g/mol. The van der Waals surface area contributed by atoms with Crippen molar-refractivity contribution in [2.75, 3.05) is 31.1 Å². The number of aryl methyl sites for hydroxylation is 1. The number of benzene rings is 1. The third-order valence-electron chi connectivity index (χ3n) is 3.11. The topological polar surface area (TPSA) is 32.5 Å². The molecule has 0 spiro atoms. The van der Waals surface area contributed by atoms with Crippen LogP contribution in [0, 0.1) is 6.92 Å². The Kier molecular flexibility index (Phi) is 3.74. The number of hydrogen-bond donors (Lipinski definition) is 1. The summed E-state index contributed by atoms with van der Waals surface area (Å²) in [5, 5.41) is 1.31. The van der Waals surface area contributed by atoms with Gasteiger partial charge in [0.2, 0.25) is 0 Å². The molecular formula is C12H16ClN3S. The molecule has 3 nitrogen and oxygen atoms in total. The number of rotatable bonds is 1. The molecule has 0 aromatic heterocycles. The lowest BCUT2D eigenvalue weighted by Gasteiger charge is -2.36. The van der Waals surface area contributed by atoms with E-state index in [-0.39, 0.29) is 0 Å². The van der Waals surface area contributed by atoms with Gasteiger partial charge in [0.05, 0.1) is 0 Å². The van der Waals surface area contributed by atoms with Crippen molar-refractivity contribution in [3.8, 4) is 0 Å². The second-order valence-electron chi connectivity index (χ2n) is 4.25. The highest BCUT2D eigenvalue weighted by Crippen LogP contribution is 2.23. The molecule has 2 N–H and O–H groups in total. The van der Waals surface area contributed by atoms with Gasteiger partial charge in [0, 0.05) is 36.9 Å². The molecule has 1 aliphatic rings. The first-order chi connectivity index (χ1) is 8.08. The number of piperazine rings is 1. The Balaban J connectivity index is 2.05. The fourth-order valence-electron chi connectivity index (χ4n) is 1.96. The van der Waals surface area contributed by atoms with Crippen LogP contribution in [0.15, 0.2) is 18.2 Å². The van der Waals surface area contributed by atoms with E-state index in [9.17, 15) is 0 Å². The number of halogens is 1. The van der Waals surface area contributed by atoms with Gasteiger partial charge in [-0.05, 0) is 36.8 Å². The Labute approximate surface area is 112 Å². The van der Waals surface area contributed by atoms with Crippen molar-refractivity contribution in [1.29, 1.82) is 0 Å². The van der Waals surface area contributed by atoms with Gasteiger partial charge in [0.15, 0.2) is 5.11 Å². The molecule has 1 aromatic carbocycles. The lowest BCUT2D eigenvalue weighted by molar-refractivity contribution is 0.388. The fourth-order valence-corrected chi connectivity index (χ4v) is 2.32. The molecule has 0 amide bonds. The van der Waals surface area contributed by atoms with Crippen molar-refractivity contribution >= 4 is 34.6 Å². The summed E-state index contributed by atoms with van der Waals surface area (Å²) in [6.45, 7) is 5.62. The third kappa shape index (κ3) is 2.82. The maximum Gasteiger partial charge on any atom is 0.166 e. The van der Waals surface area contributed by atoms with Crippen LogP contribution in [0.3, 0.4) is 0 Å². The van der Waals surface area contributed by atoms with E-state index in [1.807, 2.05) is 17.9 Å². The maximum atomic E-state index is 6.13. The van der Waals surface area contributed by atoms with E-state index in [1.54, 1.807) is 0 Å². The number of nitrogens with zero attached hydrogens (tertiary/aromatic N) is 2. The van der Waals surface area contributed by atoms with Crippen LogP contribution in [0.2, 0.25) is 5.02 Å². The maximum absolute atomic E-state index is 6.13. The molecule has 0 bridgehead atoms. The van der Waals surface area contributed by atoms with E-state index in [0.29, 0.717) is 5.11 Å². The van der Waals surface area contributed by atoms with Gasteiger partial charge in [0.25, 0.3) is 0 Å². The number of nitrogens with two attached hydrogens (primary N) is 1. The zero-order valence-electron chi connectivity index (χ0n) is 9.82. The van der Waals surface area contributed by atoms with Crippen LogP contribution in [0.1, 0.15) is 5.56 Å². The van der Waals surface area contributed by atoms with Crippen molar-refractivity contribution in [2.24, 2.45) is 5.73 Å². The molecule has 1 aliphatic heterocycles. The summed E-state index contributed by atoms with van der Waals surface area (Å²) in [5.41, 5.74) is 7.89. The smallest absolute Gasteiger partial charge is 0.166 e. The summed E-state index contributed by atoms with van der Waals surface area (Å²) in [4.78, 5) is 4.34. The molecule has 5 heteroatoms. The standard InChI is InChI=1S/C12H16ClN3S/c1-9-2-3-10(8-11(9)13)15-4-6-16(7-5-15)12(14)17/h2-3,8H,4-7H2,1H3,(H2,14,17). The minimum atomic E-state index is 0.492. The summed E-state index contributed by atoms with van der Waals surface area (Å²) in [6.07, 6.45) is 0. The first-order valence-electron chi connectivity index (χ1n) is 5.63. The molecule has 0 atom stereocenters. The zero-order chi connectivity index (χ0) is 12.4. The highest BCUT2D eigenvalue weighted by molar-refractivity contribution is 7.80. The number of anilines is 1. The lowest BCUT2D eigenvalue weighted by atomic mass is 10.2. The van der Waals surface area contributed by atoms with Crippen LogP contribution in [-0.2, 0) is 0 Å². The van der Waals surface area contributed by atoms with Crippen molar-refractivity contribution in [3.05, 3.63) is 28.8 Å². The number of hydrogen-bond acceptors (Lipinski definition) is 2. The molecule has 0 unspecified atom stereocenters. The SMILES string of the molecule is Cc1ccc(N2CCN(C(N)=S)CC2)cc1Cl. The molecule has 1 fully saturated rings. The van der Waals surface area contributed by atoms with Gasteiger partial charge in [0.1, 0.15) is 0 Å². The predicted octanol–water partition coefficient (Wildman–Crippen LogP) is 2.01. The third-order valence-corrected chi connectivity index (χ3v) is 3.78. The van der Waals surface area contributed by atoms with Gasteiger partial charge in [-0.2, -0.15) is 0 Å². The molecule has 17 heavy (non-hydrogen) atoms. The van der Waals surface area contributed by atoms with Gasteiger partial charge < -0.3 is 15.5 Å². The quantitative estimate of drug-likeness (QED) is 0.791. The van der Waals surface area contributed by atoms with Crippen LogP contribution < -0.4 is 10.6 Å². The minimum Gasteiger partial charge on any atom is -0.376 e. The van der Waals surface area contributed by atoms with Crippen molar-refractivity contribution in [3.63, 3.8) is 0 Å². The second-order valence-corrected chi connectivity index (χ2v) is 5.07. The number of thiocarbonyl (C=S) groups is 1. The largest absolute Gasteiger partial charge is 0.376 e. The van der Waals surface area contributed by atoms with Crippen LogP contribution in [0.5, 0.6) is 0 Å². The van der Waals surface area contributed by atoms with Crippen molar-refractivity contribution in [2.45, 2.75) is 6.92 Å². The van der Waals surface area contributed by atoms with Crippen molar-refractivity contribution < 1.29 is 0 Å².